The Balaban J connectivity index is 1.67. The first-order valence-electron chi connectivity index (χ1n) is 7.81. The highest BCUT2D eigenvalue weighted by molar-refractivity contribution is 6.03. The van der Waals surface area contributed by atoms with Crippen molar-refractivity contribution in [3.8, 4) is 11.5 Å². The quantitative estimate of drug-likeness (QED) is 0.609. The van der Waals surface area contributed by atoms with Crippen molar-refractivity contribution in [1.29, 1.82) is 0 Å². The molecule has 0 radical (unpaired) electrons. The second-order valence-corrected chi connectivity index (χ2v) is 5.52. The maximum Gasteiger partial charge on any atom is 0.274 e. The van der Waals surface area contributed by atoms with Gasteiger partial charge in [-0.1, -0.05) is 0 Å². The normalized spacial score (nSPS) is 10.8. The molecule has 0 unspecified atom stereocenters. The molecule has 8 heteroatoms. The first-order chi connectivity index (χ1) is 12.7. The number of pyridine rings is 1. The molecule has 8 nitrogen and oxygen atoms in total. The number of carbonyl (C=O) groups excluding carboxylic acids is 1. The zero-order valence-electron chi connectivity index (χ0n) is 14.1. The van der Waals surface area contributed by atoms with Crippen molar-refractivity contribution in [3.63, 3.8) is 0 Å². The van der Waals surface area contributed by atoms with Crippen LogP contribution in [0.5, 0.6) is 11.5 Å². The number of hydrogen-bond donors (Lipinski definition) is 1. The summed E-state index contributed by atoms with van der Waals surface area (Å²) in [6.07, 6.45) is 4.86. The number of imidazole rings is 1. The molecule has 3 aromatic heterocycles. The predicted molar refractivity (Wildman–Crippen MR) is 95.8 cm³/mol. The summed E-state index contributed by atoms with van der Waals surface area (Å²) < 4.78 is 12.1. The molecule has 0 spiro atoms. The number of nitrogens with zero attached hydrogens (tertiary/aromatic N) is 4. The van der Waals surface area contributed by atoms with Crippen LogP contribution in [0.15, 0.2) is 48.9 Å². The highest BCUT2D eigenvalue weighted by Gasteiger charge is 2.12. The Hall–Kier alpha value is -3.68. The number of benzene rings is 1. The maximum absolute atomic E-state index is 12.5. The van der Waals surface area contributed by atoms with Gasteiger partial charge in [0.05, 0.1) is 43.3 Å². The van der Waals surface area contributed by atoms with Gasteiger partial charge >= 0.3 is 0 Å². The first-order valence-corrected chi connectivity index (χ1v) is 7.81. The Labute approximate surface area is 148 Å². The number of nitrogens with one attached hydrogen (secondary N) is 1. The van der Waals surface area contributed by atoms with E-state index >= 15 is 0 Å². The van der Waals surface area contributed by atoms with Crippen LogP contribution in [0.25, 0.3) is 16.8 Å². The summed E-state index contributed by atoms with van der Waals surface area (Å²) in [5, 5.41) is 2.75. The van der Waals surface area contributed by atoms with E-state index in [2.05, 4.69) is 20.3 Å². The van der Waals surface area contributed by atoms with Crippen LogP contribution in [-0.2, 0) is 0 Å². The first kappa shape index (κ1) is 15.8. The maximum atomic E-state index is 12.5. The molecule has 26 heavy (non-hydrogen) atoms. The number of methoxy groups -OCH3 is 2. The van der Waals surface area contributed by atoms with Gasteiger partial charge in [-0.2, -0.15) is 0 Å². The lowest BCUT2D eigenvalue weighted by molar-refractivity contribution is 0.102. The lowest BCUT2D eigenvalue weighted by atomic mass is 10.3. The van der Waals surface area contributed by atoms with Gasteiger partial charge in [0.1, 0.15) is 17.2 Å². The SMILES string of the molecule is COc1cncc(NC(=O)c2ccn3c(n2)nc2cc(OC)ccc23)c1. The molecule has 0 saturated heterocycles. The minimum Gasteiger partial charge on any atom is -0.497 e. The van der Waals surface area contributed by atoms with E-state index < -0.39 is 0 Å². The molecule has 0 aliphatic carbocycles. The van der Waals surface area contributed by atoms with E-state index in [1.54, 1.807) is 31.6 Å². The summed E-state index contributed by atoms with van der Waals surface area (Å²) in [6.45, 7) is 0. The van der Waals surface area contributed by atoms with E-state index in [0.29, 0.717) is 23.0 Å². The molecule has 0 saturated carbocycles. The monoisotopic (exact) mass is 349 g/mol. The van der Waals surface area contributed by atoms with Gasteiger partial charge in [0.2, 0.25) is 5.78 Å². The van der Waals surface area contributed by atoms with Crippen LogP contribution < -0.4 is 14.8 Å². The fourth-order valence-corrected chi connectivity index (χ4v) is 2.63. The average molecular weight is 349 g/mol. The molecule has 0 bridgehead atoms. The standard InChI is InChI=1S/C18H15N5O3/c1-25-12-3-4-16-15(8-12)22-18-21-14(5-6-23(16)18)17(24)20-11-7-13(26-2)10-19-9-11/h3-10H,1-2H3,(H,20,24). The second kappa shape index (κ2) is 6.32. The highest BCUT2D eigenvalue weighted by atomic mass is 16.5. The molecule has 3 heterocycles. The topological polar surface area (TPSA) is 90.6 Å². The Bertz CT molecular complexity index is 1120. The van der Waals surface area contributed by atoms with Crippen LogP contribution in [0.2, 0.25) is 0 Å². The molecular weight excluding hydrogens is 334 g/mol. The van der Waals surface area contributed by atoms with Gasteiger partial charge in [-0.05, 0) is 18.2 Å². The minimum absolute atomic E-state index is 0.252. The molecule has 0 aliphatic heterocycles. The largest absolute Gasteiger partial charge is 0.497 e. The minimum atomic E-state index is -0.354. The number of amides is 1. The van der Waals surface area contributed by atoms with Crippen LogP contribution in [0.3, 0.4) is 0 Å². The smallest absolute Gasteiger partial charge is 0.274 e. The van der Waals surface area contributed by atoms with Crippen molar-refractivity contribution in [3.05, 3.63) is 54.6 Å². The summed E-state index contributed by atoms with van der Waals surface area (Å²) in [7, 11) is 3.14. The van der Waals surface area contributed by atoms with Gasteiger partial charge in [0, 0.05) is 18.3 Å². The van der Waals surface area contributed by atoms with Crippen molar-refractivity contribution in [2.24, 2.45) is 0 Å². The summed E-state index contributed by atoms with van der Waals surface area (Å²) in [5.41, 5.74) is 2.40. The summed E-state index contributed by atoms with van der Waals surface area (Å²) >= 11 is 0. The van der Waals surface area contributed by atoms with Gasteiger partial charge in [-0.3, -0.25) is 14.2 Å². The van der Waals surface area contributed by atoms with Gasteiger partial charge in [0.15, 0.2) is 0 Å². The molecule has 130 valence electrons. The lowest BCUT2D eigenvalue weighted by Crippen LogP contribution is -2.14. The zero-order chi connectivity index (χ0) is 18.1. The Kier molecular flexibility index (Phi) is 3.85. The predicted octanol–water partition coefficient (Wildman–Crippen LogP) is 2.55. The molecule has 1 aromatic carbocycles. The number of ether oxygens (including phenoxy) is 2. The van der Waals surface area contributed by atoms with Crippen LogP contribution in [0, 0.1) is 0 Å². The van der Waals surface area contributed by atoms with Crippen LogP contribution in [-0.4, -0.2) is 39.5 Å². The molecule has 1 N–H and O–H groups in total. The number of carbonyl (C=O) groups is 1. The Morgan fingerprint density at radius 1 is 1.04 bits per heavy atom. The third kappa shape index (κ3) is 2.77. The molecule has 0 aliphatic rings. The molecule has 0 atom stereocenters. The van der Waals surface area contributed by atoms with Gasteiger partial charge in [0.25, 0.3) is 5.91 Å². The molecular formula is C18H15N5O3. The van der Waals surface area contributed by atoms with E-state index in [9.17, 15) is 4.79 Å². The number of rotatable bonds is 4. The average Bonchev–Trinajstić information content (AvgIpc) is 3.04. The van der Waals surface area contributed by atoms with Crippen molar-refractivity contribution < 1.29 is 14.3 Å². The summed E-state index contributed by atoms with van der Waals surface area (Å²) in [5.74, 6) is 1.35. The zero-order valence-corrected chi connectivity index (χ0v) is 14.1. The van der Waals surface area contributed by atoms with Gasteiger partial charge in [-0.15, -0.1) is 0 Å². The lowest BCUT2D eigenvalue weighted by Gasteiger charge is -2.06. The molecule has 0 fully saturated rings. The van der Waals surface area contributed by atoms with E-state index in [-0.39, 0.29) is 11.6 Å². The van der Waals surface area contributed by atoms with Crippen LogP contribution in [0.1, 0.15) is 10.5 Å². The fourth-order valence-electron chi connectivity index (χ4n) is 2.63. The third-order valence-electron chi connectivity index (χ3n) is 3.92. The van der Waals surface area contributed by atoms with Crippen LogP contribution in [0.4, 0.5) is 5.69 Å². The van der Waals surface area contributed by atoms with Crippen molar-refractivity contribution >= 4 is 28.4 Å². The Morgan fingerprint density at radius 2 is 1.88 bits per heavy atom. The second-order valence-electron chi connectivity index (χ2n) is 5.52. The highest BCUT2D eigenvalue weighted by Crippen LogP contribution is 2.21. The summed E-state index contributed by atoms with van der Waals surface area (Å²) in [6, 6.07) is 8.90. The van der Waals surface area contributed by atoms with E-state index in [1.165, 1.54) is 13.3 Å². The number of aromatic nitrogens is 4. The van der Waals surface area contributed by atoms with Gasteiger partial charge < -0.3 is 14.8 Å². The molecule has 4 aromatic rings. The van der Waals surface area contributed by atoms with E-state index in [1.807, 2.05) is 22.6 Å². The molecule has 4 rings (SSSR count). The van der Waals surface area contributed by atoms with E-state index in [0.717, 1.165) is 11.0 Å². The van der Waals surface area contributed by atoms with Gasteiger partial charge in [-0.25, -0.2) is 9.97 Å². The number of fused-ring (bicyclic) bond motifs is 3. The van der Waals surface area contributed by atoms with Crippen molar-refractivity contribution in [2.75, 3.05) is 19.5 Å². The molecule has 1 amide bonds. The van der Waals surface area contributed by atoms with Crippen LogP contribution >= 0.6 is 0 Å². The summed E-state index contributed by atoms with van der Waals surface area (Å²) in [4.78, 5) is 25.3. The third-order valence-corrected chi connectivity index (χ3v) is 3.92. The van der Waals surface area contributed by atoms with Crippen molar-refractivity contribution in [2.45, 2.75) is 0 Å². The fraction of sp³-hybridized carbons (Fsp3) is 0.111. The Morgan fingerprint density at radius 3 is 2.69 bits per heavy atom. The number of hydrogen-bond acceptors (Lipinski definition) is 6. The van der Waals surface area contributed by atoms with Crippen molar-refractivity contribution in [1.82, 2.24) is 19.4 Å². The number of anilines is 1. The van der Waals surface area contributed by atoms with E-state index in [4.69, 9.17) is 9.47 Å².